The zero-order valence-electron chi connectivity index (χ0n) is 10.2. The van der Waals surface area contributed by atoms with Gasteiger partial charge < -0.3 is 5.32 Å². The maximum atomic E-state index is 11.9. The first kappa shape index (κ1) is 13.8. The van der Waals surface area contributed by atoms with Gasteiger partial charge in [-0.05, 0) is 37.4 Å². The molecule has 0 aliphatic heterocycles. The SMILES string of the molecule is O=S(=O)(CCCNC1CC1)Cc1ccccc1Cl. The Morgan fingerprint density at radius 3 is 2.67 bits per heavy atom. The summed E-state index contributed by atoms with van der Waals surface area (Å²) < 4.78 is 23.9. The van der Waals surface area contributed by atoms with Crippen molar-refractivity contribution in [3.8, 4) is 0 Å². The van der Waals surface area contributed by atoms with Crippen LogP contribution in [0.2, 0.25) is 5.02 Å². The van der Waals surface area contributed by atoms with Crippen molar-refractivity contribution in [3.63, 3.8) is 0 Å². The molecule has 3 nitrogen and oxygen atoms in total. The van der Waals surface area contributed by atoms with Crippen LogP contribution in [0.5, 0.6) is 0 Å². The average Bonchev–Trinajstić information content (AvgIpc) is 3.12. The lowest BCUT2D eigenvalue weighted by molar-refractivity contribution is 0.587. The normalized spacial score (nSPS) is 15.8. The Morgan fingerprint density at radius 1 is 1.28 bits per heavy atom. The molecule has 100 valence electrons. The fourth-order valence-corrected chi connectivity index (χ4v) is 3.55. The molecular formula is C13H18ClNO2S. The molecule has 0 aromatic heterocycles. The molecule has 1 fully saturated rings. The minimum atomic E-state index is -3.06. The van der Waals surface area contributed by atoms with E-state index >= 15 is 0 Å². The zero-order chi connectivity index (χ0) is 13.0. The highest BCUT2D eigenvalue weighted by molar-refractivity contribution is 7.90. The van der Waals surface area contributed by atoms with Crippen LogP contribution in [-0.2, 0) is 15.6 Å². The fraction of sp³-hybridized carbons (Fsp3) is 0.538. The van der Waals surface area contributed by atoms with Gasteiger partial charge in [0.15, 0.2) is 9.84 Å². The molecule has 5 heteroatoms. The van der Waals surface area contributed by atoms with Crippen molar-refractivity contribution in [1.29, 1.82) is 0 Å². The van der Waals surface area contributed by atoms with Crippen LogP contribution in [0.25, 0.3) is 0 Å². The van der Waals surface area contributed by atoms with E-state index in [1.54, 1.807) is 18.2 Å². The van der Waals surface area contributed by atoms with Gasteiger partial charge in [0, 0.05) is 11.1 Å². The lowest BCUT2D eigenvalue weighted by Gasteiger charge is -2.06. The highest BCUT2D eigenvalue weighted by atomic mass is 35.5. The fourth-order valence-electron chi connectivity index (χ4n) is 1.81. The van der Waals surface area contributed by atoms with Crippen LogP contribution in [0.1, 0.15) is 24.8 Å². The quantitative estimate of drug-likeness (QED) is 0.783. The summed E-state index contributed by atoms with van der Waals surface area (Å²) in [5.74, 6) is 0.258. The first-order valence-electron chi connectivity index (χ1n) is 6.24. The second-order valence-electron chi connectivity index (χ2n) is 4.77. The first-order valence-corrected chi connectivity index (χ1v) is 8.44. The van der Waals surface area contributed by atoms with Crippen LogP contribution in [0, 0.1) is 0 Å². The molecule has 1 aliphatic carbocycles. The van der Waals surface area contributed by atoms with Gasteiger partial charge in [-0.25, -0.2) is 8.42 Å². The van der Waals surface area contributed by atoms with Gasteiger partial charge in [0.05, 0.1) is 11.5 Å². The molecule has 1 aliphatic rings. The molecule has 0 atom stereocenters. The lowest BCUT2D eigenvalue weighted by atomic mass is 10.2. The molecule has 1 saturated carbocycles. The largest absolute Gasteiger partial charge is 0.314 e. The van der Waals surface area contributed by atoms with Gasteiger partial charge in [-0.1, -0.05) is 29.8 Å². The van der Waals surface area contributed by atoms with Gasteiger partial charge in [0.25, 0.3) is 0 Å². The van der Waals surface area contributed by atoms with Crippen molar-refractivity contribution in [2.24, 2.45) is 0 Å². The van der Waals surface area contributed by atoms with Crippen molar-refractivity contribution in [2.45, 2.75) is 31.1 Å². The summed E-state index contributed by atoms with van der Waals surface area (Å²) in [5.41, 5.74) is 0.689. The van der Waals surface area contributed by atoms with Crippen molar-refractivity contribution < 1.29 is 8.42 Å². The highest BCUT2D eigenvalue weighted by Crippen LogP contribution is 2.19. The number of hydrogen-bond acceptors (Lipinski definition) is 3. The van der Waals surface area contributed by atoms with Crippen molar-refractivity contribution in [1.82, 2.24) is 5.32 Å². The molecule has 18 heavy (non-hydrogen) atoms. The molecule has 0 saturated heterocycles. The maximum absolute atomic E-state index is 11.9. The van der Waals surface area contributed by atoms with Crippen LogP contribution in [-0.4, -0.2) is 26.8 Å². The third-order valence-electron chi connectivity index (χ3n) is 2.98. The Morgan fingerprint density at radius 2 is 2.00 bits per heavy atom. The lowest BCUT2D eigenvalue weighted by Crippen LogP contribution is -2.21. The standard InChI is InChI=1S/C13H18ClNO2S/c14-13-5-2-1-4-11(13)10-18(16,17)9-3-8-15-12-6-7-12/h1-2,4-5,12,15H,3,6-10H2. The van der Waals surface area contributed by atoms with E-state index in [2.05, 4.69) is 5.32 Å². The van der Waals surface area contributed by atoms with E-state index in [4.69, 9.17) is 11.6 Å². The predicted molar refractivity (Wildman–Crippen MR) is 74.6 cm³/mol. The number of hydrogen-bond donors (Lipinski definition) is 1. The van der Waals surface area contributed by atoms with Crippen LogP contribution >= 0.6 is 11.6 Å². The Labute approximate surface area is 113 Å². The van der Waals surface area contributed by atoms with Gasteiger partial charge in [-0.2, -0.15) is 0 Å². The smallest absolute Gasteiger partial charge is 0.154 e. The third kappa shape index (κ3) is 4.59. The van der Waals surface area contributed by atoms with E-state index in [9.17, 15) is 8.42 Å². The molecule has 0 spiro atoms. The van der Waals surface area contributed by atoms with Gasteiger partial charge in [0.1, 0.15) is 0 Å². The number of sulfone groups is 1. The Kier molecular flexibility index (Phi) is 4.65. The zero-order valence-corrected chi connectivity index (χ0v) is 11.8. The van der Waals surface area contributed by atoms with Crippen LogP contribution in [0.3, 0.4) is 0 Å². The second kappa shape index (κ2) is 6.04. The van der Waals surface area contributed by atoms with E-state index in [0.717, 1.165) is 6.54 Å². The van der Waals surface area contributed by atoms with Crippen LogP contribution in [0.4, 0.5) is 0 Å². The van der Waals surface area contributed by atoms with Gasteiger partial charge in [-0.3, -0.25) is 0 Å². The molecule has 1 aromatic rings. The van der Waals surface area contributed by atoms with E-state index in [1.165, 1.54) is 12.8 Å². The summed E-state index contributed by atoms with van der Waals surface area (Å²) in [6, 6.07) is 7.74. The molecule has 2 rings (SSSR count). The molecule has 0 radical (unpaired) electrons. The van der Waals surface area contributed by atoms with Gasteiger partial charge in [0.2, 0.25) is 0 Å². The van der Waals surface area contributed by atoms with Gasteiger partial charge in [-0.15, -0.1) is 0 Å². The molecule has 0 unspecified atom stereocenters. The highest BCUT2D eigenvalue weighted by Gasteiger charge is 2.20. The minimum Gasteiger partial charge on any atom is -0.314 e. The summed E-state index contributed by atoms with van der Waals surface area (Å²) in [6.07, 6.45) is 3.13. The molecular weight excluding hydrogens is 270 g/mol. The second-order valence-corrected chi connectivity index (χ2v) is 7.36. The van der Waals surface area contributed by atoms with E-state index in [-0.39, 0.29) is 11.5 Å². The average molecular weight is 288 g/mol. The summed E-state index contributed by atoms with van der Waals surface area (Å²) in [6.45, 7) is 0.784. The summed E-state index contributed by atoms with van der Waals surface area (Å²) >= 11 is 5.96. The molecule has 0 heterocycles. The van der Waals surface area contributed by atoms with Crippen LogP contribution < -0.4 is 5.32 Å². The third-order valence-corrected chi connectivity index (χ3v) is 5.01. The van der Waals surface area contributed by atoms with E-state index in [1.807, 2.05) is 6.07 Å². The van der Waals surface area contributed by atoms with Crippen LogP contribution in [0.15, 0.2) is 24.3 Å². The number of nitrogens with one attached hydrogen (secondary N) is 1. The minimum absolute atomic E-state index is 0.0378. The summed E-state index contributed by atoms with van der Waals surface area (Å²) in [7, 11) is -3.06. The molecule has 0 bridgehead atoms. The first-order chi connectivity index (χ1) is 8.57. The Balaban J connectivity index is 1.80. The number of halogens is 1. The van der Waals surface area contributed by atoms with E-state index in [0.29, 0.717) is 23.0 Å². The molecule has 1 aromatic carbocycles. The topological polar surface area (TPSA) is 46.2 Å². The maximum Gasteiger partial charge on any atom is 0.154 e. The molecule has 1 N–H and O–H groups in total. The van der Waals surface area contributed by atoms with Crippen molar-refractivity contribution in [2.75, 3.05) is 12.3 Å². The van der Waals surface area contributed by atoms with Crippen molar-refractivity contribution >= 4 is 21.4 Å². The monoisotopic (exact) mass is 287 g/mol. The number of rotatable bonds is 7. The number of benzene rings is 1. The summed E-state index contributed by atoms with van der Waals surface area (Å²) in [4.78, 5) is 0. The van der Waals surface area contributed by atoms with Gasteiger partial charge >= 0.3 is 0 Å². The van der Waals surface area contributed by atoms with E-state index < -0.39 is 9.84 Å². The Hall–Kier alpha value is -0.580. The van der Waals surface area contributed by atoms with Crippen molar-refractivity contribution in [3.05, 3.63) is 34.9 Å². The summed E-state index contributed by atoms with van der Waals surface area (Å²) in [5, 5.41) is 3.84. The Bertz CT molecular complexity index is 497. The predicted octanol–water partition coefficient (Wildman–Crippen LogP) is 2.40. The molecule has 0 amide bonds.